The molecular formula is C29H29F3. The number of aryl methyl sites for hydroxylation is 2. The second-order valence-corrected chi connectivity index (χ2v) is 8.58. The molecule has 0 radical (unpaired) electrons. The second kappa shape index (κ2) is 9.77. The van der Waals surface area contributed by atoms with Gasteiger partial charge in [0.15, 0.2) is 11.6 Å². The minimum Gasteiger partial charge on any atom is -0.206 e. The first-order valence-electron chi connectivity index (χ1n) is 11.6. The topological polar surface area (TPSA) is 0 Å². The lowest BCUT2D eigenvalue weighted by Crippen LogP contribution is -2.07. The summed E-state index contributed by atoms with van der Waals surface area (Å²) in [7, 11) is 0. The van der Waals surface area contributed by atoms with Gasteiger partial charge in [0, 0.05) is 11.1 Å². The Balaban J connectivity index is 1.57. The largest absolute Gasteiger partial charge is 0.206 e. The Hall–Kier alpha value is -2.81. The smallest absolute Gasteiger partial charge is 0.167 e. The Bertz CT molecular complexity index is 1140. The van der Waals surface area contributed by atoms with Gasteiger partial charge < -0.3 is 0 Å². The van der Waals surface area contributed by atoms with Crippen LogP contribution in [0.1, 0.15) is 60.9 Å². The highest BCUT2D eigenvalue weighted by atomic mass is 19.2. The molecular weight excluding hydrogens is 405 g/mol. The molecule has 0 aliphatic heterocycles. The average Bonchev–Trinajstić information content (AvgIpc) is 2.82. The first-order chi connectivity index (χ1) is 15.5. The molecule has 3 aromatic rings. The van der Waals surface area contributed by atoms with E-state index in [0.29, 0.717) is 30.4 Å². The van der Waals surface area contributed by atoms with E-state index in [1.807, 2.05) is 6.07 Å². The number of hydrogen-bond acceptors (Lipinski definition) is 0. The van der Waals surface area contributed by atoms with Crippen LogP contribution in [-0.2, 0) is 25.7 Å². The summed E-state index contributed by atoms with van der Waals surface area (Å²) in [6.45, 7) is 3.97. The fourth-order valence-corrected chi connectivity index (χ4v) is 4.51. The summed E-state index contributed by atoms with van der Waals surface area (Å²) in [6, 6.07) is 15.1. The maximum absolute atomic E-state index is 15.3. The first kappa shape index (κ1) is 22.4. The van der Waals surface area contributed by atoms with Crippen LogP contribution in [0, 0.1) is 17.5 Å². The van der Waals surface area contributed by atoms with Gasteiger partial charge in [-0.3, -0.25) is 0 Å². The van der Waals surface area contributed by atoms with Crippen LogP contribution >= 0.6 is 0 Å². The van der Waals surface area contributed by atoms with Crippen LogP contribution < -0.4 is 0 Å². The SMILES string of the molecule is CCCCCc1ccc(C2=CCc3c(ccc(-c4ccc(CC)c(F)c4F)c3F)C2)cc1. The zero-order chi connectivity index (χ0) is 22.7. The molecule has 166 valence electrons. The Kier molecular flexibility index (Phi) is 6.83. The molecule has 3 aromatic carbocycles. The van der Waals surface area contributed by atoms with Gasteiger partial charge in [0.25, 0.3) is 0 Å². The molecule has 0 spiro atoms. The minimum atomic E-state index is -0.978. The standard InChI is InChI=1S/C29H29F3/c1-3-5-6-7-19-8-10-21(11-9-19)22-13-15-24-23(18-22)14-17-25(28(24)31)26-16-12-20(4-2)27(30)29(26)32/h8-14,16-17H,3-7,15,18H2,1-2H3. The molecule has 1 aliphatic rings. The van der Waals surface area contributed by atoms with Crippen LogP contribution in [0.5, 0.6) is 0 Å². The van der Waals surface area contributed by atoms with Crippen molar-refractivity contribution >= 4 is 5.57 Å². The number of unbranched alkanes of at least 4 members (excludes halogenated alkanes) is 2. The van der Waals surface area contributed by atoms with Crippen molar-refractivity contribution < 1.29 is 13.2 Å². The summed E-state index contributed by atoms with van der Waals surface area (Å²) in [4.78, 5) is 0. The number of benzene rings is 3. The molecule has 32 heavy (non-hydrogen) atoms. The van der Waals surface area contributed by atoms with E-state index in [0.717, 1.165) is 17.5 Å². The molecule has 0 saturated carbocycles. The molecule has 4 rings (SSSR count). The molecule has 0 amide bonds. The van der Waals surface area contributed by atoms with Crippen LogP contribution in [0.4, 0.5) is 13.2 Å². The van der Waals surface area contributed by atoms with Crippen LogP contribution in [0.15, 0.2) is 54.6 Å². The van der Waals surface area contributed by atoms with Crippen molar-refractivity contribution in [2.45, 2.75) is 58.8 Å². The predicted octanol–water partition coefficient (Wildman–Crippen LogP) is 8.25. The predicted molar refractivity (Wildman–Crippen MR) is 126 cm³/mol. The van der Waals surface area contributed by atoms with Gasteiger partial charge in [-0.15, -0.1) is 0 Å². The number of fused-ring (bicyclic) bond motifs is 1. The molecule has 0 bridgehead atoms. The van der Waals surface area contributed by atoms with E-state index in [2.05, 4.69) is 37.3 Å². The van der Waals surface area contributed by atoms with Gasteiger partial charge in [-0.1, -0.05) is 81.3 Å². The van der Waals surface area contributed by atoms with Gasteiger partial charge in [0.05, 0.1) is 0 Å². The van der Waals surface area contributed by atoms with E-state index in [1.54, 1.807) is 13.0 Å². The highest BCUT2D eigenvalue weighted by molar-refractivity contribution is 5.73. The Morgan fingerprint density at radius 2 is 1.47 bits per heavy atom. The van der Waals surface area contributed by atoms with E-state index in [9.17, 15) is 8.78 Å². The highest BCUT2D eigenvalue weighted by Crippen LogP contribution is 2.35. The summed E-state index contributed by atoms with van der Waals surface area (Å²) in [6.07, 6.45) is 8.29. The Morgan fingerprint density at radius 3 is 2.19 bits per heavy atom. The minimum absolute atomic E-state index is 0.0200. The molecule has 1 aliphatic carbocycles. The van der Waals surface area contributed by atoms with Gasteiger partial charge in [0.1, 0.15) is 5.82 Å². The van der Waals surface area contributed by atoms with Crippen molar-refractivity contribution in [3.05, 3.63) is 99.9 Å². The number of allylic oxidation sites excluding steroid dienone is 2. The van der Waals surface area contributed by atoms with Crippen LogP contribution in [0.3, 0.4) is 0 Å². The molecule has 0 saturated heterocycles. The van der Waals surface area contributed by atoms with Gasteiger partial charge in [-0.05, 0) is 65.5 Å². The maximum atomic E-state index is 15.3. The molecule has 0 heterocycles. The molecule has 0 N–H and O–H groups in total. The third-order valence-corrected chi connectivity index (χ3v) is 6.50. The van der Waals surface area contributed by atoms with E-state index < -0.39 is 17.5 Å². The molecule has 3 heteroatoms. The van der Waals surface area contributed by atoms with Crippen molar-refractivity contribution in [2.75, 3.05) is 0 Å². The zero-order valence-electron chi connectivity index (χ0n) is 18.8. The third kappa shape index (κ3) is 4.39. The zero-order valence-corrected chi connectivity index (χ0v) is 18.8. The highest BCUT2D eigenvalue weighted by Gasteiger charge is 2.22. The Labute approximate surface area is 188 Å². The van der Waals surface area contributed by atoms with Gasteiger partial charge in [-0.25, -0.2) is 13.2 Å². The fourth-order valence-electron chi connectivity index (χ4n) is 4.51. The normalized spacial score (nSPS) is 13.1. The summed E-state index contributed by atoms with van der Waals surface area (Å²) in [5.74, 6) is -2.32. The van der Waals surface area contributed by atoms with E-state index in [1.165, 1.54) is 42.5 Å². The van der Waals surface area contributed by atoms with Crippen molar-refractivity contribution in [3.8, 4) is 11.1 Å². The number of hydrogen-bond donors (Lipinski definition) is 0. The van der Waals surface area contributed by atoms with Crippen molar-refractivity contribution in [1.29, 1.82) is 0 Å². The molecule has 0 aromatic heterocycles. The van der Waals surface area contributed by atoms with Crippen LogP contribution in [0.25, 0.3) is 16.7 Å². The quantitative estimate of drug-likeness (QED) is 0.328. The van der Waals surface area contributed by atoms with Gasteiger partial charge in [0.2, 0.25) is 0 Å². The van der Waals surface area contributed by atoms with Crippen LogP contribution in [0.2, 0.25) is 0 Å². The monoisotopic (exact) mass is 434 g/mol. The Morgan fingerprint density at radius 1 is 0.750 bits per heavy atom. The number of rotatable bonds is 7. The summed E-state index contributed by atoms with van der Waals surface area (Å²) in [5.41, 5.74) is 5.55. The summed E-state index contributed by atoms with van der Waals surface area (Å²) in [5, 5.41) is 0. The van der Waals surface area contributed by atoms with Crippen molar-refractivity contribution in [2.24, 2.45) is 0 Å². The third-order valence-electron chi connectivity index (χ3n) is 6.50. The van der Waals surface area contributed by atoms with E-state index in [4.69, 9.17) is 0 Å². The first-order valence-corrected chi connectivity index (χ1v) is 11.6. The second-order valence-electron chi connectivity index (χ2n) is 8.58. The average molecular weight is 435 g/mol. The number of halogens is 3. The van der Waals surface area contributed by atoms with Crippen molar-refractivity contribution in [1.82, 2.24) is 0 Å². The lowest BCUT2D eigenvalue weighted by Gasteiger charge is -2.20. The molecule has 0 fully saturated rings. The summed E-state index contributed by atoms with van der Waals surface area (Å²) >= 11 is 0. The lowest BCUT2D eigenvalue weighted by molar-refractivity contribution is 0.501. The maximum Gasteiger partial charge on any atom is 0.167 e. The molecule has 0 unspecified atom stereocenters. The van der Waals surface area contributed by atoms with Crippen LogP contribution in [-0.4, -0.2) is 0 Å². The van der Waals surface area contributed by atoms with Gasteiger partial charge >= 0.3 is 0 Å². The van der Waals surface area contributed by atoms with Crippen molar-refractivity contribution in [3.63, 3.8) is 0 Å². The fraction of sp³-hybridized carbons (Fsp3) is 0.310. The lowest BCUT2D eigenvalue weighted by atomic mass is 9.85. The van der Waals surface area contributed by atoms with E-state index >= 15 is 4.39 Å². The molecule has 0 atom stereocenters. The van der Waals surface area contributed by atoms with E-state index in [-0.39, 0.29) is 11.1 Å². The van der Waals surface area contributed by atoms with Gasteiger partial charge in [-0.2, -0.15) is 0 Å². The summed E-state index contributed by atoms with van der Waals surface area (Å²) < 4.78 is 44.2. The molecule has 0 nitrogen and oxygen atoms in total.